The molecule has 4 rings (SSSR count). The van der Waals surface area contributed by atoms with Gasteiger partial charge in [0.2, 0.25) is 11.8 Å². The number of hydrogen-bond donors (Lipinski definition) is 1. The second kappa shape index (κ2) is 10.7. The Kier molecular flexibility index (Phi) is 7.74. The van der Waals surface area contributed by atoms with Gasteiger partial charge in [0.25, 0.3) is 0 Å². The Balaban J connectivity index is 1.49. The number of nitrogens with zero attached hydrogens (tertiary/aromatic N) is 4. The highest BCUT2D eigenvalue weighted by atomic mass is 19.1. The lowest BCUT2D eigenvalue weighted by molar-refractivity contribution is -0.141. The molecule has 0 aromatic heterocycles. The number of amides is 3. The van der Waals surface area contributed by atoms with Crippen LogP contribution in [0.4, 0.5) is 9.18 Å². The summed E-state index contributed by atoms with van der Waals surface area (Å²) in [4.78, 5) is 45.0. The Labute approximate surface area is 217 Å². The SMILES string of the molecule is CC[C@H](c1ccc(F)cc1)N1C(=O)[C@@H]2C[C@H]1CN2C[C@H](NC(=O)OC(C)(C)C)C(=O)N1CCC[C@H]1C#N. The zero-order chi connectivity index (χ0) is 26.9. The van der Waals surface area contributed by atoms with Gasteiger partial charge in [0.05, 0.1) is 18.2 Å². The van der Waals surface area contributed by atoms with Crippen LogP contribution < -0.4 is 5.32 Å². The number of nitrogens with one attached hydrogen (secondary N) is 1. The summed E-state index contributed by atoms with van der Waals surface area (Å²) in [5.41, 5.74) is 0.159. The number of nitriles is 1. The first-order valence-corrected chi connectivity index (χ1v) is 13.0. The van der Waals surface area contributed by atoms with E-state index in [0.29, 0.717) is 32.4 Å². The molecule has 0 aliphatic carbocycles. The van der Waals surface area contributed by atoms with Gasteiger partial charge in [0, 0.05) is 25.7 Å². The normalized spacial score (nSPS) is 25.2. The molecule has 1 N–H and O–H groups in total. The summed E-state index contributed by atoms with van der Waals surface area (Å²) in [6.45, 7) is 8.41. The molecular formula is C27H36FN5O4. The lowest BCUT2D eigenvalue weighted by atomic mass is 10.0. The van der Waals surface area contributed by atoms with Gasteiger partial charge in [-0.15, -0.1) is 0 Å². The van der Waals surface area contributed by atoms with Crippen molar-refractivity contribution in [3.63, 3.8) is 0 Å². The summed E-state index contributed by atoms with van der Waals surface area (Å²) in [6.07, 6.45) is 1.96. The Morgan fingerprint density at radius 2 is 1.97 bits per heavy atom. The number of hydrogen-bond acceptors (Lipinski definition) is 6. The number of likely N-dealkylation sites (tertiary alicyclic amines) is 3. The van der Waals surface area contributed by atoms with E-state index in [1.54, 1.807) is 32.9 Å². The number of alkyl carbamates (subject to hydrolysis) is 1. The summed E-state index contributed by atoms with van der Waals surface area (Å²) in [7, 11) is 0. The molecule has 3 fully saturated rings. The molecule has 37 heavy (non-hydrogen) atoms. The van der Waals surface area contributed by atoms with Crippen molar-refractivity contribution in [3.05, 3.63) is 35.6 Å². The maximum absolute atomic E-state index is 13.5. The van der Waals surface area contributed by atoms with E-state index in [4.69, 9.17) is 4.74 Å². The van der Waals surface area contributed by atoms with E-state index in [1.807, 2.05) is 16.7 Å². The molecule has 3 aliphatic rings. The summed E-state index contributed by atoms with van der Waals surface area (Å²) in [5, 5.41) is 12.2. The number of carbonyl (C=O) groups is 3. The number of ether oxygens (including phenoxy) is 1. The predicted molar refractivity (Wildman–Crippen MR) is 134 cm³/mol. The van der Waals surface area contributed by atoms with Crippen LogP contribution in [0.25, 0.3) is 0 Å². The Hall–Kier alpha value is -3.19. The van der Waals surface area contributed by atoms with Gasteiger partial charge < -0.3 is 19.9 Å². The zero-order valence-corrected chi connectivity index (χ0v) is 21.9. The van der Waals surface area contributed by atoms with Crippen LogP contribution >= 0.6 is 0 Å². The number of fused-ring (bicyclic) bond motifs is 2. The summed E-state index contributed by atoms with van der Waals surface area (Å²) < 4.78 is 18.9. The second-order valence-corrected chi connectivity index (χ2v) is 11.1. The molecule has 5 atom stereocenters. The molecule has 9 nitrogen and oxygen atoms in total. The van der Waals surface area contributed by atoms with Crippen molar-refractivity contribution in [1.29, 1.82) is 5.26 Å². The van der Waals surface area contributed by atoms with Gasteiger partial charge in [-0.25, -0.2) is 9.18 Å². The second-order valence-electron chi connectivity index (χ2n) is 11.1. The monoisotopic (exact) mass is 513 g/mol. The van der Waals surface area contributed by atoms with Gasteiger partial charge in [0.15, 0.2) is 0 Å². The fourth-order valence-corrected chi connectivity index (χ4v) is 5.81. The molecule has 200 valence electrons. The first-order valence-electron chi connectivity index (χ1n) is 13.0. The third-order valence-corrected chi connectivity index (χ3v) is 7.38. The predicted octanol–water partition coefficient (Wildman–Crippen LogP) is 2.97. The summed E-state index contributed by atoms with van der Waals surface area (Å²) in [5.74, 6) is -0.671. The number of carbonyl (C=O) groups excluding carboxylic acids is 3. The van der Waals surface area contributed by atoms with Crippen LogP contribution in [0.15, 0.2) is 24.3 Å². The van der Waals surface area contributed by atoms with E-state index in [2.05, 4.69) is 11.4 Å². The minimum absolute atomic E-state index is 0.0213. The lowest BCUT2D eigenvalue weighted by Gasteiger charge is -2.40. The van der Waals surface area contributed by atoms with Crippen molar-refractivity contribution >= 4 is 17.9 Å². The molecule has 0 saturated carbocycles. The van der Waals surface area contributed by atoms with Crippen LogP contribution in [0.5, 0.6) is 0 Å². The van der Waals surface area contributed by atoms with E-state index >= 15 is 0 Å². The molecule has 0 radical (unpaired) electrons. The van der Waals surface area contributed by atoms with Crippen molar-refractivity contribution in [3.8, 4) is 6.07 Å². The van der Waals surface area contributed by atoms with Crippen molar-refractivity contribution in [2.24, 2.45) is 0 Å². The Morgan fingerprint density at radius 1 is 1.27 bits per heavy atom. The smallest absolute Gasteiger partial charge is 0.408 e. The van der Waals surface area contributed by atoms with Gasteiger partial charge in [-0.05, 0) is 64.2 Å². The van der Waals surface area contributed by atoms with Crippen LogP contribution in [0.2, 0.25) is 0 Å². The first-order chi connectivity index (χ1) is 17.5. The number of halogens is 1. The molecular weight excluding hydrogens is 477 g/mol. The zero-order valence-electron chi connectivity index (χ0n) is 21.9. The highest BCUT2D eigenvalue weighted by Crippen LogP contribution is 2.39. The van der Waals surface area contributed by atoms with Gasteiger partial charge in [-0.2, -0.15) is 5.26 Å². The topological polar surface area (TPSA) is 106 Å². The van der Waals surface area contributed by atoms with Crippen molar-refractivity contribution < 1.29 is 23.5 Å². The van der Waals surface area contributed by atoms with Gasteiger partial charge in [-0.1, -0.05) is 19.1 Å². The number of rotatable bonds is 7. The molecule has 3 aliphatic heterocycles. The molecule has 3 saturated heterocycles. The molecule has 3 amide bonds. The van der Waals surface area contributed by atoms with E-state index < -0.39 is 29.8 Å². The average molecular weight is 514 g/mol. The molecule has 3 heterocycles. The average Bonchev–Trinajstić information content (AvgIpc) is 3.54. The van der Waals surface area contributed by atoms with E-state index in [0.717, 1.165) is 12.0 Å². The highest BCUT2D eigenvalue weighted by molar-refractivity contribution is 5.88. The summed E-state index contributed by atoms with van der Waals surface area (Å²) >= 11 is 0. The molecule has 1 aromatic rings. The van der Waals surface area contributed by atoms with Gasteiger partial charge >= 0.3 is 6.09 Å². The molecule has 10 heteroatoms. The fourth-order valence-electron chi connectivity index (χ4n) is 5.81. The van der Waals surface area contributed by atoms with Crippen LogP contribution in [0, 0.1) is 17.1 Å². The highest BCUT2D eigenvalue weighted by Gasteiger charge is 2.52. The van der Waals surface area contributed by atoms with Crippen LogP contribution in [0.1, 0.15) is 65.0 Å². The minimum Gasteiger partial charge on any atom is -0.444 e. The van der Waals surface area contributed by atoms with Crippen molar-refractivity contribution in [2.75, 3.05) is 19.6 Å². The van der Waals surface area contributed by atoms with Gasteiger partial charge in [-0.3, -0.25) is 14.5 Å². The maximum Gasteiger partial charge on any atom is 0.408 e. The Morgan fingerprint density at radius 3 is 2.57 bits per heavy atom. The molecule has 0 spiro atoms. The number of piperazine rings is 1. The van der Waals surface area contributed by atoms with E-state index in [9.17, 15) is 24.0 Å². The lowest BCUT2D eigenvalue weighted by Crippen LogP contribution is -2.59. The summed E-state index contributed by atoms with van der Waals surface area (Å²) in [6, 6.07) is 6.39. The van der Waals surface area contributed by atoms with Crippen molar-refractivity contribution in [1.82, 2.24) is 20.0 Å². The van der Waals surface area contributed by atoms with Crippen LogP contribution in [-0.2, 0) is 14.3 Å². The van der Waals surface area contributed by atoms with Gasteiger partial charge in [0.1, 0.15) is 23.5 Å². The standard InChI is InChI=1S/C27H36FN5O4/c1-5-22(17-8-10-18(28)11-9-17)33-20-13-23(25(33)35)31(15-20)16-21(30-26(36)37-27(2,3)4)24(34)32-12-6-7-19(32)14-29/h8-11,19-23H,5-7,12-13,15-16H2,1-4H3,(H,30,36)/t19-,20-,21-,22+,23-/m0/s1. The quantitative estimate of drug-likeness (QED) is 0.601. The third kappa shape index (κ3) is 5.72. The molecule has 2 bridgehead atoms. The van der Waals surface area contributed by atoms with Crippen LogP contribution in [0.3, 0.4) is 0 Å². The maximum atomic E-state index is 13.5. The number of benzene rings is 1. The fraction of sp³-hybridized carbons (Fsp3) is 0.630. The largest absolute Gasteiger partial charge is 0.444 e. The van der Waals surface area contributed by atoms with E-state index in [1.165, 1.54) is 17.0 Å². The van der Waals surface area contributed by atoms with Crippen molar-refractivity contribution in [2.45, 2.75) is 89.2 Å². The first kappa shape index (κ1) is 26.9. The minimum atomic E-state index is -0.941. The Bertz CT molecular complexity index is 1070. The molecule has 1 aromatic carbocycles. The van der Waals surface area contributed by atoms with E-state index in [-0.39, 0.29) is 36.3 Å². The third-order valence-electron chi connectivity index (χ3n) is 7.38. The van der Waals surface area contributed by atoms with Crippen LogP contribution in [-0.4, -0.2) is 82.0 Å². The molecule has 0 unspecified atom stereocenters.